The lowest BCUT2D eigenvalue weighted by molar-refractivity contribution is 0.669. The molecule has 10 aromatic rings. The Balaban J connectivity index is 1.16. The summed E-state index contributed by atoms with van der Waals surface area (Å²) in [5, 5.41) is 6.71. The van der Waals surface area contributed by atoms with Crippen LogP contribution < -0.4 is 0 Å². The summed E-state index contributed by atoms with van der Waals surface area (Å²) < 4.78 is 6.74. The molecule has 0 aliphatic rings. The summed E-state index contributed by atoms with van der Waals surface area (Å²) in [4.78, 5) is 15.4. The van der Waals surface area contributed by atoms with Gasteiger partial charge in [0.15, 0.2) is 17.5 Å². The maximum atomic E-state index is 6.74. The fourth-order valence-corrected chi connectivity index (χ4v) is 7.36. The minimum atomic E-state index is 0.607. The summed E-state index contributed by atoms with van der Waals surface area (Å²) in [6, 6.07) is 59.3. The van der Waals surface area contributed by atoms with Crippen LogP contribution in [-0.2, 0) is 0 Å². The SMILES string of the molecule is Cc1cc(-c2nc(-c3ccccc3)nc(-c3ccc4cc(-c5ccccc5)ccc4c3)n2)c2c(c1)oc1c(-c3ccc4ccccc4c3)cccc12. The maximum Gasteiger partial charge on any atom is 0.164 e. The third-order valence-corrected chi connectivity index (χ3v) is 9.92. The number of fused-ring (bicyclic) bond motifs is 5. The minimum absolute atomic E-state index is 0.607. The van der Waals surface area contributed by atoms with Crippen molar-refractivity contribution in [1.29, 1.82) is 0 Å². The number of para-hydroxylation sites is 1. The zero-order chi connectivity index (χ0) is 34.6. The van der Waals surface area contributed by atoms with E-state index in [1.165, 1.54) is 21.9 Å². The van der Waals surface area contributed by atoms with Gasteiger partial charge >= 0.3 is 0 Å². The first-order valence-electron chi connectivity index (χ1n) is 17.5. The normalized spacial score (nSPS) is 11.6. The molecule has 0 radical (unpaired) electrons. The molecular weight excluding hydrogens is 635 g/mol. The summed E-state index contributed by atoms with van der Waals surface area (Å²) in [6.07, 6.45) is 0. The van der Waals surface area contributed by atoms with E-state index in [-0.39, 0.29) is 0 Å². The highest BCUT2D eigenvalue weighted by Gasteiger charge is 2.20. The number of hydrogen-bond acceptors (Lipinski definition) is 4. The number of hydrogen-bond donors (Lipinski definition) is 0. The first kappa shape index (κ1) is 30.0. The second kappa shape index (κ2) is 12.1. The predicted molar refractivity (Wildman–Crippen MR) is 214 cm³/mol. The molecule has 4 heteroatoms. The fourth-order valence-electron chi connectivity index (χ4n) is 7.36. The van der Waals surface area contributed by atoms with E-state index >= 15 is 0 Å². The van der Waals surface area contributed by atoms with E-state index in [2.05, 4.69) is 140 Å². The van der Waals surface area contributed by atoms with Gasteiger partial charge in [-0.2, -0.15) is 0 Å². The largest absolute Gasteiger partial charge is 0.455 e. The van der Waals surface area contributed by atoms with E-state index in [0.29, 0.717) is 17.5 Å². The van der Waals surface area contributed by atoms with E-state index < -0.39 is 0 Å². The highest BCUT2D eigenvalue weighted by Crippen LogP contribution is 2.41. The summed E-state index contributed by atoms with van der Waals surface area (Å²) in [5.41, 5.74) is 10.1. The van der Waals surface area contributed by atoms with Crippen LogP contribution in [0.1, 0.15) is 5.56 Å². The van der Waals surface area contributed by atoms with Crippen LogP contribution in [0, 0.1) is 6.92 Å². The van der Waals surface area contributed by atoms with Gasteiger partial charge in [0.2, 0.25) is 0 Å². The summed E-state index contributed by atoms with van der Waals surface area (Å²) in [5.74, 6) is 1.85. The van der Waals surface area contributed by atoms with Crippen molar-refractivity contribution >= 4 is 43.5 Å². The van der Waals surface area contributed by atoms with Crippen LogP contribution in [0.4, 0.5) is 0 Å². The second-order valence-corrected chi connectivity index (χ2v) is 13.3. The van der Waals surface area contributed by atoms with Crippen molar-refractivity contribution in [2.24, 2.45) is 0 Å². The van der Waals surface area contributed by atoms with E-state index in [4.69, 9.17) is 19.4 Å². The summed E-state index contributed by atoms with van der Waals surface area (Å²) in [7, 11) is 0. The van der Waals surface area contributed by atoms with Crippen molar-refractivity contribution < 1.29 is 4.42 Å². The molecule has 2 aromatic heterocycles. The highest BCUT2D eigenvalue weighted by molar-refractivity contribution is 6.15. The summed E-state index contributed by atoms with van der Waals surface area (Å²) >= 11 is 0. The van der Waals surface area contributed by atoms with Gasteiger partial charge in [-0.05, 0) is 81.1 Å². The topological polar surface area (TPSA) is 51.8 Å². The molecule has 0 N–H and O–H groups in total. The highest BCUT2D eigenvalue weighted by atomic mass is 16.3. The third-order valence-electron chi connectivity index (χ3n) is 9.92. The fraction of sp³-hybridized carbons (Fsp3) is 0.0208. The molecule has 8 aromatic carbocycles. The Bertz CT molecular complexity index is 2970. The molecular formula is C48H31N3O. The van der Waals surface area contributed by atoms with Gasteiger partial charge in [-0.1, -0.05) is 140 Å². The molecule has 0 fully saturated rings. The van der Waals surface area contributed by atoms with Crippen molar-refractivity contribution in [3.8, 4) is 56.4 Å². The van der Waals surface area contributed by atoms with Gasteiger partial charge in [0, 0.05) is 33.0 Å². The van der Waals surface area contributed by atoms with Gasteiger partial charge in [0.25, 0.3) is 0 Å². The molecule has 4 nitrogen and oxygen atoms in total. The van der Waals surface area contributed by atoms with Crippen LogP contribution in [0.25, 0.3) is 99.9 Å². The Labute approximate surface area is 300 Å². The monoisotopic (exact) mass is 665 g/mol. The molecule has 244 valence electrons. The Morgan fingerprint density at radius 3 is 1.75 bits per heavy atom. The van der Waals surface area contributed by atoms with Crippen molar-refractivity contribution in [2.45, 2.75) is 6.92 Å². The predicted octanol–water partition coefficient (Wildman–Crippen LogP) is 12.7. The van der Waals surface area contributed by atoms with Gasteiger partial charge in [-0.15, -0.1) is 0 Å². The van der Waals surface area contributed by atoms with Crippen molar-refractivity contribution in [3.05, 3.63) is 175 Å². The molecule has 0 aliphatic heterocycles. The smallest absolute Gasteiger partial charge is 0.164 e. The van der Waals surface area contributed by atoms with Gasteiger partial charge < -0.3 is 4.42 Å². The molecule has 0 saturated heterocycles. The molecule has 0 saturated carbocycles. The number of furan rings is 1. The zero-order valence-corrected chi connectivity index (χ0v) is 28.4. The molecule has 0 aliphatic carbocycles. The van der Waals surface area contributed by atoms with E-state index in [9.17, 15) is 0 Å². The molecule has 2 heterocycles. The van der Waals surface area contributed by atoms with Gasteiger partial charge in [-0.3, -0.25) is 0 Å². The van der Waals surface area contributed by atoms with E-state index in [1.54, 1.807) is 0 Å². The molecule has 52 heavy (non-hydrogen) atoms. The van der Waals surface area contributed by atoms with Gasteiger partial charge in [0.05, 0.1) is 0 Å². The Kier molecular flexibility index (Phi) is 7.00. The van der Waals surface area contributed by atoms with Gasteiger partial charge in [-0.25, -0.2) is 15.0 Å². The number of aromatic nitrogens is 3. The minimum Gasteiger partial charge on any atom is -0.455 e. The van der Waals surface area contributed by atoms with Crippen LogP contribution in [0.5, 0.6) is 0 Å². The zero-order valence-electron chi connectivity index (χ0n) is 28.4. The van der Waals surface area contributed by atoms with E-state index in [0.717, 1.165) is 66.1 Å². The van der Waals surface area contributed by atoms with E-state index in [1.807, 2.05) is 36.4 Å². The summed E-state index contributed by atoms with van der Waals surface area (Å²) in [6.45, 7) is 2.09. The quantitative estimate of drug-likeness (QED) is 0.184. The maximum absolute atomic E-state index is 6.74. The lowest BCUT2D eigenvalue weighted by atomic mass is 9.97. The lowest BCUT2D eigenvalue weighted by Crippen LogP contribution is -2.00. The number of rotatable bonds is 5. The molecule has 0 spiro atoms. The standard InChI is InChI=1S/C48H31N3O/c1-30-25-42(44-41-18-10-17-40(45(41)52-43(44)26-30)38-23-19-32-13-8-9-16-34(32)28-38)48-50-46(33-14-6-3-7-15-33)49-47(51-48)39-24-22-36-27-35(20-21-37(36)29-39)31-11-4-2-5-12-31/h2-29H,1H3. The average Bonchev–Trinajstić information content (AvgIpc) is 3.59. The third kappa shape index (κ3) is 5.21. The van der Waals surface area contributed by atoms with Gasteiger partial charge in [0.1, 0.15) is 11.2 Å². The number of benzene rings is 8. The number of aryl methyl sites for hydroxylation is 1. The van der Waals surface area contributed by atoms with Crippen molar-refractivity contribution in [2.75, 3.05) is 0 Å². The van der Waals surface area contributed by atoms with Crippen LogP contribution in [0.15, 0.2) is 174 Å². The molecule has 10 rings (SSSR count). The van der Waals surface area contributed by atoms with Crippen molar-refractivity contribution in [3.63, 3.8) is 0 Å². The molecule has 0 amide bonds. The Hall–Kier alpha value is -6.91. The molecule has 0 bridgehead atoms. The Morgan fingerprint density at radius 2 is 0.962 bits per heavy atom. The molecule has 0 atom stereocenters. The Morgan fingerprint density at radius 1 is 0.385 bits per heavy atom. The van der Waals surface area contributed by atoms with Crippen molar-refractivity contribution in [1.82, 2.24) is 15.0 Å². The second-order valence-electron chi connectivity index (χ2n) is 13.3. The number of nitrogens with zero attached hydrogens (tertiary/aromatic N) is 3. The first-order chi connectivity index (χ1) is 25.6. The van der Waals surface area contributed by atoms with Crippen LogP contribution in [0.2, 0.25) is 0 Å². The average molecular weight is 666 g/mol. The lowest BCUT2D eigenvalue weighted by Gasteiger charge is -2.11. The van der Waals surface area contributed by atoms with Crippen LogP contribution >= 0.6 is 0 Å². The van der Waals surface area contributed by atoms with Crippen LogP contribution in [0.3, 0.4) is 0 Å². The first-order valence-corrected chi connectivity index (χ1v) is 17.5. The molecule has 0 unspecified atom stereocenters. The van der Waals surface area contributed by atoms with Crippen LogP contribution in [-0.4, -0.2) is 15.0 Å².